The van der Waals surface area contributed by atoms with Crippen LogP contribution in [0.4, 0.5) is 21.9 Å². The van der Waals surface area contributed by atoms with E-state index in [4.69, 9.17) is 5.11 Å². The van der Waals surface area contributed by atoms with Crippen LogP contribution in [0.15, 0.2) is 18.2 Å². The number of carbonyl (C=O) groups excluding carboxylic acids is 1. The molecule has 0 fully saturated rings. The lowest BCUT2D eigenvalue weighted by atomic mass is 10.2. The second-order valence-electron chi connectivity index (χ2n) is 3.47. The van der Waals surface area contributed by atoms with E-state index in [2.05, 4.69) is 0 Å². The SMILES string of the molecule is CC(=O)N(C)c1ccc(NC(=O)O)c([N+](=O)[O-])c1. The number of hydrogen-bond donors (Lipinski definition) is 2. The number of nitrogens with zero attached hydrogens (tertiary/aromatic N) is 2. The number of nitro benzene ring substituents is 1. The summed E-state index contributed by atoms with van der Waals surface area (Å²) in [6.45, 7) is 1.31. The summed E-state index contributed by atoms with van der Waals surface area (Å²) >= 11 is 0. The molecule has 1 aromatic carbocycles. The summed E-state index contributed by atoms with van der Waals surface area (Å²) in [5, 5.41) is 21.3. The zero-order valence-electron chi connectivity index (χ0n) is 9.71. The van der Waals surface area contributed by atoms with E-state index in [0.29, 0.717) is 5.69 Å². The number of carbonyl (C=O) groups is 2. The third-order valence-corrected chi connectivity index (χ3v) is 2.28. The van der Waals surface area contributed by atoms with Crippen LogP contribution < -0.4 is 10.2 Å². The summed E-state index contributed by atoms with van der Waals surface area (Å²) in [6.07, 6.45) is -1.40. The van der Waals surface area contributed by atoms with Crippen LogP contribution in [0.2, 0.25) is 0 Å². The summed E-state index contributed by atoms with van der Waals surface area (Å²) in [6, 6.07) is 3.79. The molecule has 0 bridgehead atoms. The maximum absolute atomic E-state index is 11.1. The van der Waals surface area contributed by atoms with Gasteiger partial charge in [0, 0.05) is 20.0 Å². The van der Waals surface area contributed by atoms with Crippen molar-refractivity contribution in [3.05, 3.63) is 28.3 Å². The molecule has 96 valence electrons. The molecule has 1 aromatic rings. The van der Waals surface area contributed by atoms with Crippen molar-refractivity contribution in [2.24, 2.45) is 0 Å². The van der Waals surface area contributed by atoms with E-state index in [1.54, 1.807) is 0 Å². The van der Waals surface area contributed by atoms with Gasteiger partial charge in [0.25, 0.3) is 5.69 Å². The van der Waals surface area contributed by atoms with Crippen molar-refractivity contribution in [2.45, 2.75) is 6.92 Å². The highest BCUT2D eigenvalue weighted by Gasteiger charge is 2.18. The smallest absolute Gasteiger partial charge is 0.409 e. The Bertz CT molecular complexity index is 514. The largest absolute Gasteiger partial charge is 0.465 e. The Kier molecular flexibility index (Phi) is 3.82. The van der Waals surface area contributed by atoms with Crippen LogP contribution in [-0.4, -0.2) is 29.1 Å². The van der Waals surface area contributed by atoms with Crippen LogP contribution in [0.25, 0.3) is 0 Å². The van der Waals surface area contributed by atoms with Crippen molar-refractivity contribution in [1.82, 2.24) is 0 Å². The first-order chi connectivity index (χ1) is 8.32. The summed E-state index contributed by atoms with van der Waals surface area (Å²) in [7, 11) is 1.46. The molecule has 2 amide bonds. The van der Waals surface area contributed by atoms with Crippen LogP contribution in [0.3, 0.4) is 0 Å². The molecule has 0 spiro atoms. The van der Waals surface area contributed by atoms with Crippen molar-refractivity contribution in [3.8, 4) is 0 Å². The fraction of sp³-hybridized carbons (Fsp3) is 0.200. The highest BCUT2D eigenvalue weighted by atomic mass is 16.6. The lowest BCUT2D eigenvalue weighted by molar-refractivity contribution is -0.383. The Morgan fingerprint density at radius 1 is 1.44 bits per heavy atom. The molecule has 0 saturated carbocycles. The van der Waals surface area contributed by atoms with Crippen LogP contribution in [0, 0.1) is 10.1 Å². The maximum atomic E-state index is 11.1. The minimum absolute atomic E-state index is 0.145. The van der Waals surface area contributed by atoms with Gasteiger partial charge < -0.3 is 10.0 Å². The number of anilines is 2. The minimum atomic E-state index is -1.40. The molecule has 18 heavy (non-hydrogen) atoms. The first-order valence-electron chi connectivity index (χ1n) is 4.85. The van der Waals surface area contributed by atoms with Crippen LogP contribution >= 0.6 is 0 Å². The zero-order chi connectivity index (χ0) is 13.9. The van der Waals surface area contributed by atoms with Crippen molar-refractivity contribution >= 4 is 29.1 Å². The fourth-order valence-corrected chi connectivity index (χ4v) is 1.28. The molecule has 0 radical (unpaired) electrons. The molecule has 1 rings (SSSR count). The molecule has 0 aromatic heterocycles. The predicted molar refractivity (Wildman–Crippen MR) is 63.8 cm³/mol. The van der Waals surface area contributed by atoms with Crippen molar-refractivity contribution in [1.29, 1.82) is 0 Å². The molecule has 8 nitrogen and oxygen atoms in total. The lowest BCUT2D eigenvalue weighted by Gasteiger charge is -2.15. The number of nitrogens with one attached hydrogen (secondary N) is 1. The summed E-state index contributed by atoms with van der Waals surface area (Å²) in [5.41, 5.74) is -0.249. The zero-order valence-corrected chi connectivity index (χ0v) is 9.71. The molecule has 0 aliphatic rings. The molecular weight excluding hydrogens is 242 g/mol. The van der Waals surface area contributed by atoms with Crippen molar-refractivity contribution < 1.29 is 19.6 Å². The molecule has 0 heterocycles. The first kappa shape index (κ1) is 13.4. The highest BCUT2D eigenvalue weighted by molar-refractivity contribution is 5.93. The summed E-state index contributed by atoms with van der Waals surface area (Å²) in [4.78, 5) is 32.9. The van der Waals surface area contributed by atoms with E-state index in [-0.39, 0.29) is 11.6 Å². The summed E-state index contributed by atoms with van der Waals surface area (Å²) < 4.78 is 0. The van der Waals surface area contributed by atoms with Gasteiger partial charge in [-0.05, 0) is 12.1 Å². The van der Waals surface area contributed by atoms with Gasteiger partial charge in [0.15, 0.2) is 0 Å². The molecule has 0 atom stereocenters. The lowest BCUT2D eigenvalue weighted by Crippen LogP contribution is -2.23. The molecule has 0 aliphatic heterocycles. The molecule has 0 saturated heterocycles. The van der Waals surface area contributed by atoms with Crippen LogP contribution in [0.1, 0.15) is 6.92 Å². The van der Waals surface area contributed by atoms with E-state index in [1.165, 1.54) is 31.0 Å². The molecular formula is C10H11N3O5. The second-order valence-corrected chi connectivity index (χ2v) is 3.47. The van der Waals surface area contributed by atoms with Crippen LogP contribution in [0.5, 0.6) is 0 Å². The predicted octanol–water partition coefficient (Wildman–Crippen LogP) is 1.67. The highest BCUT2D eigenvalue weighted by Crippen LogP contribution is 2.29. The Morgan fingerprint density at radius 2 is 2.06 bits per heavy atom. The normalized spacial score (nSPS) is 9.67. The third kappa shape index (κ3) is 2.94. The standard InChI is InChI=1S/C10H11N3O5/c1-6(14)12(2)7-3-4-8(11-10(15)16)9(5-7)13(17)18/h3-5,11H,1-2H3,(H,15,16). The van der Waals surface area contributed by atoms with Crippen LogP contribution in [-0.2, 0) is 4.79 Å². The van der Waals surface area contributed by atoms with Gasteiger partial charge in [-0.15, -0.1) is 0 Å². The number of rotatable bonds is 3. The van der Waals surface area contributed by atoms with Gasteiger partial charge in [0.2, 0.25) is 5.91 Å². The third-order valence-electron chi connectivity index (χ3n) is 2.28. The van der Waals surface area contributed by atoms with Crippen molar-refractivity contribution in [2.75, 3.05) is 17.3 Å². The number of nitro groups is 1. The Labute approximate surface area is 102 Å². The Morgan fingerprint density at radius 3 is 2.50 bits per heavy atom. The molecule has 8 heteroatoms. The molecule has 2 N–H and O–H groups in total. The fourth-order valence-electron chi connectivity index (χ4n) is 1.28. The number of hydrogen-bond acceptors (Lipinski definition) is 4. The van der Waals surface area contributed by atoms with Gasteiger partial charge in [0.1, 0.15) is 5.69 Å². The minimum Gasteiger partial charge on any atom is -0.465 e. The van der Waals surface area contributed by atoms with Gasteiger partial charge in [0.05, 0.1) is 10.6 Å². The summed E-state index contributed by atoms with van der Waals surface area (Å²) in [5.74, 6) is -0.289. The first-order valence-corrected chi connectivity index (χ1v) is 4.85. The average molecular weight is 253 g/mol. The van der Waals surface area contributed by atoms with E-state index >= 15 is 0 Å². The number of benzene rings is 1. The quantitative estimate of drug-likeness (QED) is 0.628. The van der Waals surface area contributed by atoms with E-state index in [9.17, 15) is 19.7 Å². The molecule has 0 aliphatic carbocycles. The van der Waals surface area contributed by atoms with Gasteiger partial charge in [-0.1, -0.05) is 0 Å². The molecule has 0 unspecified atom stereocenters. The van der Waals surface area contributed by atoms with Gasteiger partial charge in [-0.2, -0.15) is 0 Å². The van der Waals surface area contributed by atoms with E-state index < -0.39 is 16.7 Å². The average Bonchev–Trinajstić information content (AvgIpc) is 2.27. The monoisotopic (exact) mass is 253 g/mol. The Balaban J connectivity index is 3.22. The van der Waals surface area contributed by atoms with Gasteiger partial charge in [-0.25, -0.2) is 4.79 Å². The second kappa shape index (κ2) is 5.13. The van der Waals surface area contributed by atoms with E-state index in [0.717, 1.165) is 6.07 Å². The van der Waals surface area contributed by atoms with Gasteiger partial charge in [-0.3, -0.25) is 20.2 Å². The number of carboxylic acid groups (broad SMARTS) is 1. The van der Waals surface area contributed by atoms with Crippen molar-refractivity contribution in [3.63, 3.8) is 0 Å². The van der Waals surface area contributed by atoms with E-state index in [1.807, 2.05) is 5.32 Å². The van der Waals surface area contributed by atoms with Gasteiger partial charge >= 0.3 is 6.09 Å². The maximum Gasteiger partial charge on any atom is 0.409 e. The topological polar surface area (TPSA) is 113 Å². The number of amides is 2. The Hall–Kier alpha value is -2.64.